The highest BCUT2D eigenvalue weighted by Gasteiger charge is 2.26. The van der Waals surface area contributed by atoms with Gasteiger partial charge in [0.05, 0.1) is 6.10 Å². The maximum Gasteiger partial charge on any atom is 0.0600 e. The number of nitrogens with one attached hydrogen (secondary N) is 1. The average molecular weight is 143 g/mol. The molecule has 1 N–H and O–H groups in total. The van der Waals surface area contributed by atoms with Gasteiger partial charge in [0.25, 0.3) is 0 Å². The maximum absolute atomic E-state index is 5.29. The Morgan fingerprint density at radius 1 is 1.50 bits per heavy atom. The summed E-state index contributed by atoms with van der Waals surface area (Å²) in [6.07, 6.45) is 2.75. The molecule has 60 valence electrons. The van der Waals surface area contributed by atoms with Gasteiger partial charge in [0.15, 0.2) is 0 Å². The second-order valence-electron chi connectivity index (χ2n) is 3.66. The van der Waals surface area contributed by atoms with Crippen molar-refractivity contribution < 1.29 is 4.74 Å². The summed E-state index contributed by atoms with van der Waals surface area (Å²) < 4.78 is 5.29. The molecule has 1 rings (SSSR count). The Morgan fingerprint density at radius 2 is 2.20 bits per heavy atom. The topological polar surface area (TPSA) is 21.3 Å². The second kappa shape index (κ2) is 2.89. The summed E-state index contributed by atoms with van der Waals surface area (Å²) >= 11 is 0. The molecular formula is C8H17NO. The van der Waals surface area contributed by atoms with Gasteiger partial charge in [-0.3, -0.25) is 0 Å². The molecular weight excluding hydrogens is 126 g/mol. The maximum atomic E-state index is 5.29. The highest BCUT2D eigenvalue weighted by Crippen LogP contribution is 2.19. The van der Waals surface area contributed by atoms with Crippen LogP contribution < -0.4 is 5.32 Å². The van der Waals surface area contributed by atoms with Crippen molar-refractivity contribution in [1.29, 1.82) is 0 Å². The van der Waals surface area contributed by atoms with E-state index in [4.69, 9.17) is 4.74 Å². The van der Waals surface area contributed by atoms with Gasteiger partial charge in [-0.15, -0.1) is 0 Å². The van der Waals surface area contributed by atoms with E-state index in [2.05, 4.69) is 19.2 Å². The van der Waals surface area contributed by atoms with Crippen molar-refractivity contribution >= 4 is 0 Å². The number of hydrogen-bond donors (Lipinski definition) is 1. The minimum Gasteiger partial charge on any atom is -0.381 e. The first-order chi connectivity index (χ1) is 4.64. The summed E-state index contributed by atoms with van der Waals surface area (Å²) in [6.45, 7) is 5.53. The van der Waals surface area contributed by atoms with Crippen LogP contribution in [0.4, 0.5) is 0 Å². The Labute approximate surface area is 63.0 Å². The van der Waals surface area contributed by atoms with Gasteiger partial charge in [-0.1, -0.05) is 0 Å². The van der Waals surface area contributed by atoms with Crippen molar-refractivity contribution in [2.45, 2.75) is 38.3 Å². The highest BCUT2D eigenvalue weighted by atomic mass is 16.5. The molecule has 1 unspecified atom stereocenters. The molecule has 1 aliphatic rings. The van der Waals surface area contributed by atoms with E-state index in [1.807, 2.05) is 0 Å². The van der Waals surface area contributed by atoms with E-state index in [1.54, 1.807) is 7.11 Å². The predicted octanol–water partition coefficient (Wildman–Crippen LogP) is 1.16. The van der Waals surface area contributed by atoms with E-state index in [9.17, 15) is 0 Å². The molecule has 0 radical (unpaired) electrons. The highest BCUT2D eigenvalue weighted by molar-refractivity contribution is 4.86. The van der Waals surface area contributed by atoms with Crippen molar-refractivity contribution in [3.05, 3.63) is 0 Å². The first kappa shape index (κ1) is 8.02. The van der Waals surface area contributed by atoms with E-state index in [1.165, 1.54) is 0 Å². The Morgan fingerprint density at radius 3 is 2.60 bits per heavy atom. The zero-order chi connectivity index (χ0) is 7.61. The normalized spacial score (nSPS) is 32.1. The van der Waals surface area contributed by atoms with Gasteiger partial charge in [-0.05, 0) is 33.2 Å². The minimum atomic E-state index is 0.277. The van der Waals surface area contributed by atoms with Crippen LogP contribution in [-0.4, -0.2) is 25.3 Å². The molecule has 1 heterocycles. The van der Waals surface area contributed by atoms with Crippen molar-refractivity contribution in [2.75, 3.05) is 13.7 Å². The summed E-state index contributed by atoms with van der Waals surface area (Å²) in [7, 11) is 1.80. The lowest BCUT2D eigenvalue weighted by Crippen LogP contribution is -2.48. The molecule has 0 aromatic heterocycles. The van der Waals surface area contributed by atoms with Gasteiger partial charge in [-0.25, -0.2) is 0 Å². The van der Waals surface area contributed by atoms with E-state index < -0.39 is 0 Å². The van der Waals surface area contributed by atoms with Crippen LogP contribution in [0.25, 0.3) is 0 Å². The molecule has 1 fully saturated rings. The largest absolute Gasteiger partial charge is 0.381 e. The zero-order valence-corrected chi connectivity index (χ0v) is 7.11. The Bertz CT molecular complexity index is 112. The van der Waals surface area contributed by atoms with Gasteiger partial charge in [0.1, 0.15) is 0 Å². The lowest BCUT2D eigenvalue weighted by Gasteiger charge is -2.35. The number of piperidine rings is 1. The Balaban J connectivity index is 2.40. The number of ether oxygens (including phenoxy) is 1. The molecule has 0 bridgehead atoms. The third-order valence-corrected chi connectivity index (χ3v) is 2.14. The molecule has 2 heteroatoms. The van der Waals surface area contributed by atoms with Crippen LogP contribution in [0.3, 0.4) is 0 Å². The fourth-order valence-electron chi connectivity index (χ4n) is 1.52. The van der Waals surface area contributed by atoms with Gasteiger partial charge in [-0.2, -0.15) is 0 Å². The Hall–Kier alpha value is -0.0800. The number of methoxy groups -OCH3 is 1. The van der Waals surface area contributed by atoms with Crippen LogP contribution in [0, 0.1) is 0 Å². The van der Waals surface area contributed by atoms with E-state index >= 15 is 0 Å². The molecule has 10 heavy (non-hydrogen) atoms. The molecule has 0 aliphatic carbocycles. The minimum absolute atomic E-state index is 0.277. The fourth-order valence-corrected chi connectivity index (χ4v) is 1.52. The average Bonchev–Trinajstić information content (AvgIpc) is 1.86. The van der Waals surface area contributed by atoms with Crippen LogP contribution >= 0.6 is 0 Å². The smallest absolute Gasteiger partial charge is 0.0600 e. The Kier molecular flexibility index (Phi) is 2.32. The lowest BCUT2D eigenvalue weighted by atomic mass is 9.91. The van der Waals surface area contributed by atoms with Gasteiger partial charge >= 0.3 is 0 Å². The first-order valence-electron chi connectivity index (χ1n) is 3.92. The lowest BCUT2D eigenvalue weighted by molar-refractivity contribution is 0.0446. The molecule has 0 saturated carbocycles. The summed E-state index contributed by atoms with van der Waals surface area (Å²) in [5.41, 5.74) is 0.277. The van der Waals surface area contributed by atoms with E-state index in [0.29, 0.717) is 6.10 Å². The molecule has 1 aliphatic heterocycles. The van der Waals surface area contributed by atoms with Gasteiger partial charge < -0.3 is 10.1 Å². The second-order valence-corrected chi connectivity index (χ2v) is 3.66. The number of hydrogen-bond acceptors (Lipinski definition) is 2. The van der Waals surface area contributed by atoms with Crippen molar-refractivity contribution in [3.8, 4) is 0 Å². The van der Waals surface area contributed by atoms with Crippen LogP contribution in [0.2, 0.25) is 0 Å². The standard InChI is InChI=1S/C8H17NO/c1-8(2)6-7(10-3)4-5-9-8/h7,9H,4-6H2,1-3H3. The molecule has 0 spiro atoms. The first-order valence-corrected chi connectivity index (χ1v) is 3.92. The van der Waals surface area contributed by atoms with Crippen molar-refractivity contribution in [1.82, 2.24) is 5.32 Å². The quantitative estimate of drug-likeness (QED) is 0.595. The van der Waals surface area contributed by atoms with Gasteiger partial charge in [0.2, 0.25) is 0 Å². The fraction of sp³-hybridized carbons (Fsp3) is 1.00. The summed E-state index contributed by atoms with van der Waals surface area (Å²) in [6, 6.07) is 0. The van der Waals surface area contributed by atoms with Crippen molar-refractivity contribution in [2.24, 2.45) is 0 Å². The summed E-state index contributed by atoms with van der Waals surface area (Å²) in [5, 5.41) is 3.44. The molecule has 0 aromatic rings. The third kappa shape index (κ3) is 1.96. The van der Waals surface area contributed by atoms with E-state index in [-0.39, 0.29) is 5.54 Å². The molecule has 0 amide bonds. The summed E-state index contributed by atoms with van der Waals surface area (Å²) in [5.74, 6) is 0. The third-order valence-electron chi connectivity index (χ3n) is 2.14. The van der Waals surface area contributed by atoms with E-state index in [0.717, 1.165) is 19.4 Å². The van der Waals surface area contributed by atoms with Crippen LogP contribution in [0.15, 0.2) is 0 Å². The van der Waals surface area contributed by atoms with Gasteiger partial charge in [0, 0.05) is 12.6 Å². The zero-order valence-electron chi connectivity index (χ0n) is 7.11. The monoisotopic (exact) mass is 143 g/mol. The molecule has 1 saturated heterocycles. The number of rotatable bonds is 1. The van der Waals surface area contributed by atoms with Crippen LogP contribution in [0.5, 0.6) is 0 Å². The molecule has 2 nitrogen and oxygen atoms in total. The summed E-state index contributed by atoms with van der Waals surface area (Å²) in [4.78, 5) is 0. The van der Waals surface area contributed by atoms with Crippen molar-refractivity contribution in [3.63, 3.8) is 0 Å². The molecule has 0 aromatic carbocycles. The molecule has 1 atom stereocenters. The SMILES string of the molecule is COC1CCNC(C)(C)C1. The predicted molar refractivity (Wildman–Crippen MR) is 42.1 cm³/mol. The van der Waals surface area contributed by atoms with Crippen LogP contribution in [0.1, 0.15) is 26.7 Å². The van der Waals surface area contributed by atoms with Crippen LogP contribution in [-0.2, 0) is 4.74 Å².